The highest BCUT2D eigenvalue weighted by atomic mass is 32.1. The molecule has 0 fully saturated rings. The summed E-state index contributed by atoms with van der Waals surface area (Å²) in [6.45, 7) is 1.68. The molecule has 0 aliphatic heterocycles. The summed E-state index contributed by atoms with van der Waals surface area (Å²) in [5.41, 5.74) is 5.40. The zero-order valence-corrected chi connectivity index (χ0v) is 10.5. The number of alkyl halides is 3. The number of hydrogen-bond acceptors (Lipinski definition) is 4. The Morgan fingerprint density at radius 1 is 1.32 bits per heavy atom. The first kappa shape index (κ1) is 13.9. The van der Waals surface area contributed by atoms with Crippen LogP contribution in [-0.2, 0) is 6.18 Å². The molecule has 0 amide bonds. The van der Waals surface area contributed by atoms with Gasteiger partial charge in [-0.25, -0.2) is 4.39 Å². The molecule has 8 heteroatoms. The zero-order chi connectivity index (χ0) is 14.2. The normalized spacial score (nSPS) is 13.6. The van der Waals surface area contributed by atoms with Crippen molar-refractivity contribution in [2.24, 2.45) is 5.73 Å². The Hall–Kier alpha value is -1.54. The van der Waals surface area contributed by atoms with E-state index in [1.54, 1.807) is 6.92 Å². The van der Waals surface area contributed by atoms with Crippen LogP contribution in [0.4, 0.5) is 17.6 Å². The third-order valence-electron chi connectivity index (χ3n) is 2.63. The van der Waals surface area contributed by atoms with Crippen molar-refractivity contribution in [3.8, 4) is 0 Å². The fourth-order valence-corrected chi connectivity index (χ4v) is 2.30. The van der Waals surface area contributed by atoms with Gasteiger partial charge in [0.05, 0.1) is 22.2 Å². The van der Waals surface area contributed by atoms with Crippen LogP contribution >= 0.6 is 11.5 Å². The molecule has 1 atom stereocenters. The van der Waals surface area contributed by atoms with Crippen molar-refractivity contribution < 1.29 is 17.6 Å². The van der Waals surface area contributed by atoms with Crippen LogP contribution in [0.2, 0.25) is 0 Å². The van der Waals surface area contributed by atoms with E-state index in [9.17, 15) is 17.6 Å². The van der Waals surface area contributed by atoms with E-state index in [0.717, 1.165) is 23.7 Å². The SMILES string of the molecule is Cc1nnsc1C(N)c1ccc(C(F)(F)F)c(F)c1. The van der Waals surface area contributed by atoms with Crippen molar-refractivity contribution in [2.45, 2.75) is 19.1 Å². The monoisotopic (exact) mass is 291 g/mol. The number of nitrogens with zero attached hydrogens (tertiary/aromatic N) is 2. The molecule has 0 aliphatic rings. The third kappa shape index (κ3) is 2.74. The lowest BCUT2D eigenvalue weighted by atomic mass is 10.0. The first-order chi connectivity index (χ1) is 8.80. The second-order valence-corrected chi connectivity index (χ2v) is 4.72. The van der Waals surface area contributed by atoms with E-state index in [2.05, 4.69) is 9.59 Å². The number of hydrogen-bond donors (Lipinski definition) is 1. The van der Waals surface area contributed by atoms with Gasteiger partial charge in [0.25, 0.3) is 0 Å². The molecule has 0 saturated carbocycles. The lowest BCUT2D eigenvalue weighted by Gasteiger charge is -2.13. The van der Waals surface area contributed by atoms with Gasteiger partial charge in [-0.2, -0.15) is 13.2 Å². The van der Waals surface area contributed by atoms with Crippen LogP contribution in [0, 0.1) is 12.7 Å². The van der Waals surface area contributed by atoms with Crippen molar-refractivity contribution in [2.75, 3.05) is 0 Å². The van der Waals surface area contributed by atoms with Crippen LogP contribution in [0.3, 0.4) is 0 Å². The molecular weight excluding hydrogens is 282 g/mol. The highest BCUT2D eigenvalue weighted by molar-refractivity contribution is 7.05. The van der Waals surface area contributed by atoms with Gasteiger partial charge in [-0.15, -0.1) is 5.10 Å². The van der Waals surface area contributed by atoms with E-state index >= 15 is 0 Å². The number of benzene rings is 1. The minimum Gasteiger partial charge on any atom is -0.319 e. The van der Waals surface area contributed by atoms with Gasteiger partial charge < -0.3 is 5.73 Å². The number of halogens is 4. The predicted octanol–water partition coefficient (Wildman–Crippen LogP) is 3.05. The van der Waals surface area contributed by atoms with Gasteiger partial charge in [-0.05, 0) is 36.2 Å². The highest BCUT2D eigenvalue weighted by Gasteiger charge is 2.34. The number of rotatable bonds is 2. The minimum absolute atomic E-state index is 0.250. The standard InChI is InChI=1S/C11H9F4N3S/c1-5-10(19-18-17-5)9(16)6-2-3-7(8(12)4-6)11(13,14)15/h2-4,9H,16H2,1H3. The molecule has 0 spiro atoms. The van der Waals surface area contributed by atoms with Gasteiger partial charge in [-0.1, -0.05) is 10.6 Å². The van der Waals surface area contributed by atoms with Crippen molar-refractivity contribution in [1.82, 2.24) is 9.59 Å². The fourth-order valence-electron chi connectivity index (χ4n) is 1.63. The summed E-state index contributed by atoms with van der Waals surface area (Å²) in [7, 11) is 0. The lowest BCUT2D eigenvalue weighted by molar-refractivity contribution is -0.140. The van der Waals surface area contributed by atoms with Crippen molar-refractivity contribution in [3.63, 3.8) is 0 Å². The van der Waals surface area contributed by atoms with E-state index in [-0.39, 0.29) is 5.56 Å². The van der Waals surface area contributed by atoms with E-state index in [4.69, 9.17) is 5.73 Å². The van der Waals surface area contributed by atoms with Gasteiger partial charge in [0, 0.05) is 0 Å². The summed E-state index contributed by atoms with van der Waals surface area (Å²) in [6, 6.07) is 1.91. The highest BCUT2D eigenvalue weighted by Crippen LogP contribution is 2.33. The molecule has 1 unspecified atom stereocenters. The third-order valence-corrected chi connectivity index (χ3v) is 3.54. The average Bonchev–Trinajstić information content (AvgIpc) is 2.72. The van der Waals surface area contributed by atoms with Crippen LogP contribution in [0.25, 0.3) is 0 Å². The molecule has 0 aliphatic carbocycles. The van der Waals surface area contributed by atoms with Gasteiger partial charge in [0.1, 0.15) is 5.82 Å². The fraction of sp³-hybridized carbons (Fsp3) is 0.273. The molecule has 0 radical (unpaired) electrons. The van der Waals surface area contributed by atoms with Crippen LogP contribution in [0.15, 0.2) is 18.2 Å². The summed E-state index contributed by atoms with van der Waals surface area (Å²) in [6.07, 6.45) is -4.71. The molecule has 102 valence electrons. The van der Waals surface area contributed by atoms with Gasteiger partial charge in [0.15, 0.2) is 0 Å². The van der Waals surface area contributed by atoms with Crippen molar-refractivity contribution in [3.05, 3.63) is 45.7 Å². The summed E-state index contributed by atoms with van der Waals surface area (Å²) >= 11 is 1.04. The zero-order valence-electron chi connectivity index (χ0n) is 9.70. The molecular formula is C11H9F4N3S. The van der Waals surface area contributed by atoms with E-state index in [0.29, 0.717) is 16.6 Å². The maximum Gasteiger partial charge on any atom is 0.419 e. The number of nitrogens with two attached hydrogens (primary N) is 1. The van der Waals surface area contributed by atoms with Gasteiger partial charge in [0.2, 0.25) is 0 Å². The molecule has 1 aromatic carbocycles. The predicted molar refractivity (Wildman–Crippen MR) is 62.1 cm³/mol. The molecule has 1 aromatic heterocycles. The molecule has 19 heavy (non-hydrogen) atoms. The second-order valence-electron chi connectivity index (χ2n) is 3.94. The minimum atomic E-state index is -4.71. The topological polar surface area (TPSA) is 51.8 Å². The van der Waals surface area contributed by atoms with Crippen LogP contribution in [-0.4, -0.2) is 9.59 Å². The Bertz CT molecular complexity index is 594. The summed E-state index contributed by atoms with van der Waals surface area (Å²) < 4.78 is 54.4. The maximum atomic E-state index is 13.4. The van der Waals surface area contributed by atoms with Gasteiger partial charge in [-0.3, -0.25) is 0 Å². The average molecular weight is 291 g/mol. The van der Waals surface area contributed by atoms with E-state index in [1.165, 1.54) is 0 Å². The van der Waals surface area contributed by atoms with E-state index in [1.807, 2.05) is 0 Å². The van der Waals surface area contributed by atoms with E-state index < -0.39 is 23.6 Å². The molecule has 2 rings (SSSR count). The molecule has 3 nitrogen and oxygen atoms in total. The number of aromatic nitrogens is 2. The summed E-state index contributed by atoms with van der Waals surface area (Å²) in [4.78, 5) is 0.596. The Labute approximate surface area is 110 Å². The largest absolute Gasteiger partial charge is 0.419 e. The van der Waals surface area contributed by atoms with Crippen LogP contribution < -0.4 is 5.73 Å². The van der Waals surface area contributed by atoms with Gasteiger partial charge >= 0.3 is 6.18 Å². The number of aryl methyl sites for hydroxylation is 1. The quantitative estimate of drug-likeness (QED) is 0.865. The Morgan fingerprint density at radius 3 is 2.47 bits per heavy atom. The Kier molecular flexibility index (Phi) is 3.55. The Balaban J connectivity index is 2.38. The summed E-state index contributed by atoms with van der Waals surface area (Å²) in [5.74, 6) is -1.34. The maximum absolute atomic E-state index is 13.4. The summed E-state index contributed by atoms with van der Waals surface area (Å²) in [5, 5.41) is 3.76. The molecule has 0 saturated heterocycles. The Morgan fingerprint density at radius 2 is 2.00 bits per heavy atom. The molecule has 1 heterocycles. The first-order valence-electron chi connectivity index (χ1n) is 5.21. The lowest BCUT2D eigenvalue weighted by Crippen LogP contribution is -2.14. The second kappa shape index (κ2) is 4.86. The van der Waals surface area contributed by atoms with Crippen molar-refractivity contribution >= 4 is 11.5 Å². The first-order valence-corrected chi connectivity index (χ1v) is 5.99. The molecule has 0 bridgehead atoms. The van der Waals surface area contributed by atoms with Crippen molar-refractivity contribution in [1.29, 1.82) is 0 Å². The van der Waals surface area contributed by atoms with Crippen LogP contribution in [0.5, 0.6) is 0 Å². The smallest absolute Gasteiger partial charge is 0.319 e. The molecule has 2 aromatic rings. The van der Waals surface area contributed by atoms with Crippen LogP contribution in [0.1, 0.15) is 27.7 Å². The molecule has 2 N–H and O–H groups in total.